The second-order valence-electron chi connectivity index (χ2n) is 7.71. The molecule has 7 nitrogen and oxygen atoms in total. The van der Waals surface area contributed by atoms with E-state index in [0.717, 1.165) is 16.3 Å². The van der Waals surface area contributed by atoms with E-state index < -0.39 is 10.0 Å². The van der Waals surface area contributed by atoms with Crippen LogP contribution in [0.3, 0.4) is 0 Å². The Kier molecular flexibility index (Phi) is 6.80. The Balaban J connectivity index is 1.38. The van der Waals surface area contributed by atoms with E-state index in [1.54, 1.807) is 23.5 Å². The third-order valence-electron chi connectivity index (χ3n) is 5.56. The molecule has 0 unspecified atom stereocenters. The van der Waals surface area contributed by atoms with Gasteiger partial charge in [0.15, 0.2) is 11.5 Å². The molecular formula is C23H27N3O4S2. The quantitative estimate of drug-likeness (QED) is 0.522. The Bertz CT molecular complexity index is 1170. The van der Waals surface area contributed by atoms with Crippen molar-refractivity contribution in [2.45, 2.75) is 18.4 Å². The number of methoxy groups -OCH3 is 2. The first-order valence-corrected chi connectivity index (χ1v) is 12.7. The molecule has 3 aromatic rings. The summed E-state index contributed by atoms with van der Waals surface area (Å²) < 4.78 is 38.2. The zero-order chi connectivity index (χ0) is 22.7. The fraction of sp³-hybridized carbons (Fsp3) is 0.348. The standard InChI is InChI=1S/C23H27N3O4S2/c1-17-4-6-18(7-5-17)23-24-19(16-31-23)15-25-10-12-26(13-11-25)32(27,28)20-8-9-21(29-2)22(14-20)30-3/h4-9,14,16H,10-13,15H2,1-3H3. The van der Waals surface area contributed by atoms with Gasteiger partial charge in [-0.2, -0.15) is 4.31 Å². The first-order valence-electron chi connectivity index (χ1n) is 10.4. The molecule has 0 aliphatic carbocycles. The Morgan fingerprint density at radius 1 is 0.969 bits per heavy atom. The predicted molar refractivity (Wildman–Crippen MR) is 126 cm³/mol. The number of hydrogen-bond acceptors (Lipinski definition) is 7. The van der Waals surface area contributed by atoms with Crippen LogP contribution in [0.25, 0.3) is 10.6 Å². The third-order valence-corrected chi connectivity index (χ3v) is 8.39. The van der Waals surface area contributed by atoms with Gasteiger partial charge in [0.05, 0.1) is 24.8 Å². The average molecular weight is 474 g/mol. The summed E-state index contributed by atoms with van der Waals surface area (Å²) in [6.07, 6.45) is 0. The first kappa shape index (κ1) is 22.7. The van der Waals surface area contributed by atoms with Gasteiger partial charge in [0.2, 0.25) is 10.0 Å². The van der Waals surface area contributed by atoms with Crippen molar-refractivity contribution in [2.75, 3.05) is 40.4 Å². The molecule has 0 amide bonds. The summed E-state index contributed by atoms with van der Waals surface area (Å²) in [5.41, 5.74) is 3.37. The molecule has 1 aromatic heterocycles. The van der Waals surface area contributed by atoms with Crippen molar-refractivity contribution < 1.29 is 17.9 Å². The number of rotatable bonds is 7. The van der Waals surface area contributed by atoms with Crippen LogP contribution in [-0.4, -0.2) is 63.0 Å². The molecule has 0 atom stereocenters. The molecule has 1 fully saturated rings. The molecule has 4 rings (SSSR count). The van der Waals surface area contributed by atoms with E-state index >= 15 is 0 Å². The molecule has 32 heavy (non-hydrogen) atoms. The average Bonchev–Trinajstić information content (AvgIpc) is 3.27. The van der Waals surface area contributed by atoms with Crippen LogP contribution < -0.4 is 9.47 Å². The molecule has 0 spiro atoms. The smallest absolute Gasteiger partial charge is 0.243 e. The highest BCUT2D eigenvalue weighted by molar-refractivity contribution is 7.89. The highest BCUT2D eigenvalue weighted by Gasteiger charge is 2.29. The van der Waals surface area contributed by atoms with Crippen LogP contribution in [0.15, 0.2) is 52.7 Å². The molecule has 0 N–H and O–H groups in total. The van der Waals surface area contributed by atoms with Crippen molar-refractivity contribution in [3.05, 3.63) is 59.1 Å². The Hall–Kier alpha value is -2.46. The number of hydrogen-bond donors (Lipinski definition) is 0. The van der Waals surface area contributed by atoms with Crippen LogP contribution in [0.1, 0.15) is 11.3 Å². The topological polar surface area (TPSA) is 72.0 Å². The van der Waals surface area contributed by atoms with Crippen molar-refractivity contribution >= 4 is 21.4 Å². The number of ether oxygens (including phenoxy) is 2. The van der Waals surface area contributed by atoms with E-state index in [2.05, 4.69) is 41.5 Å². The van der Waals surface area contributed by atoms with Crippen molar-refractivity contribution in [1.29, 1.82) is 0 Å². The van der Waals surface area contributed by atoms with Crippen LogP contribution in [-0.2, 0) is 16.6 Å². The molecular weight excluding hydrogens is 446 g/mol. The SMILES string of the molecule is COc1ccc(S(=O)(=O)N2CCN(Cc3csc(-c4ccc(C)cc4)n3)CC2)cc1OC. The second kappa shape index (κ2) is 9.58. The minimum atomic E-state index is -3.59. The summed E-state index contributed by atoms with van der Waals surface area (Å²) in [6, 6.07) is 13.1. The summed E-state index contributed by atoms with van der Waals surface area (Å²) in [7, 11) is -0.573. The molecule has 2 heterocycles. The maximum atomic E-state index is 13.1. The lowest BCUT2D eigenvalue weighted by atomic mass is 10.2. The molecule has 170 valence electrons. The van der Waals surface area contributed by atoms with Gasteiger partial charge < -0.3 is 9.47 Å². The Morgan fingerprint density at radius 3 is 2.31 bits per heavy atom. The van der Waals surface area contributed by atoms with Gasteiger partial charge in [-0.25, -0.2) is 13.4 Å². The van der Waals surface area contributed by atoms with Crippen molar-refractivity contribution in [3.63, 3.8) is 0 Å². The lowest BCUT2D eigenvalue weighted by Crippen LogP contribution is -2.48. The van der Waals surface area contributed by atoms with E-state index in [4.69, 9.17) is 14.5 Å². The van der Waals surface area contributed by atoms with Gasteiger partial charge in [-0.3, -0.25) is 4.90 Å². The lowest BCUT2D eigenvalue weighted by molar-refractivity contribution is 0.180. The Labute approximate surface area is 193 Å². The molecule has 1 aliphatic heterocycles. The highest BCUT2D eigenvalue weighted by atomic mass is 32.2. The molecule has 1 saturated heterocycles. The van der Waals surface area contributed by atoms with Crippen molar-refractivity contribution in [1.82, 2.24) is 14.2 Å². The van der Waals surface area contributed by atoms with E-state index in [1.165, 1.54) is 30.2 Å². The lowest BCUT2D eigenvalue weighted by Gasteiger charge is -2.33. The highest BCUT2D eigenvalue weighted by Crippen LogP contribution is 2.31. The van der Waals surface area contributed by atoms with E-state index in [-0.39, 0.29) is 4.90 Å². The fourth-order valence-electron chi connectivity index (χ4n) is 3.69. The van der Waals surface area contributed by atoms with Gasteiger partial charge in [-0.15, -0.1) is 11.3 Å². The van der Waals surface area contributed by atoms with Gasteiger partial charge >= 0.3 is 0 Å². The summed E-state index contributed by atoms with van der Waals surface area (Å²) in [6.45, 7) is 4.97. The van der Waals surface area contributed by atoms with Gasteiger partial charge in [-0.1, -0.05) is 29.8 Å². The summed E-state index contributed by atoms with van der Waals surface area (Å²) in [5.74, 6) is 0.907. The third kappa shape index (κ3) is 4.80. The van der Waals surface area contributed by atoms with Crippen LogP contribution in [0.2, 0.25) is 0 Å². The summed E-state index contributed by atoms with van der Waals surface area (Å²) in [4.78, 5) is 7.23. The van der Waals surface area contributed by atoms with Crippen LogP contribution in [0, 0.1) is 6.92 Å². The van der Waals surface area contributed by atoms with Gasteiger partial charge in [0, 0.05) is 49.7 Å². The zero-order valence-electron chi connectivity index (χ0n) is 18.4. The van der Waals surface area contributed by atoms with Crippen LogP contribution >= 0.6 is 11.3 Å². The van der Waals surface area contributed by atoms with Crippen LogP contribution in [0.5, 0.6) is 11.5 Å². The minimum absolute atomic E-state index is 0.214. The molecule has 0 radical (unpaired) electrons. The van der Waals surface area contributed by atoms with Gasteiger partial charge in [0.25, 0.3) is 0 Å². The number of thiazole rings is 1. The number of nitrogens with zero attached hydrogens (tertiary/aromatic N) is 3. The summed E-state index contributed by atoms with van der Waals surface area (Å²) in [5, 5.41) is 3.09. The van der Waals surface area contributed by atoms with E-state index in [1.807, 2.05) is 0 Å². The molecule has 0 saturated carbocycles. The van der Waals surface area contributed by atoms with Gasteiger partial charge in [0.1, 0.15) is 5.01 Å². The number of aromatic nitrogens is 1. The molecule has 9 heteroatoms. The number of benzene rings is 2. The minimum Gasteiger partial charge on any atom is -0.493 e. The number of piperazine rings is 1. The number of sulfonamides is 1. The second-order valence-corrected chi connectivity index (χ2v) is 10.5. The maximum absolute atomic E-state index is 13.1. The summed E-state index contributed by atoms with van der Waals surface area (Å²) >= 11 is 1.64. The largest absolute Gasteiger partial charge is 0.493 e. The predicted octanol–water partition coefficient (Wildman–Crippen LogP) is 3.64. The normalized spacial score (nSPS) is 15.6. The molecule has 0 bridgehead atoms. The van der Waals surface area contributed by atoms with Gasteiger partial charge in [-0.05, 0) is 19.1 Å². The Morgan fingerprint density at radius 2 is 1.66 bits per heavy atom. The number of aryl methyl sites for hydroxylation is 1. The van der Waals surface area contributed by atoms with Crippen molar-refractivity contribution in [2.24, 2.45) is 0 Å². The van der Waals surface area contributed by atoms with E-state index in [9.17, 15) is 8.42 Å². The monoisotopic (exact) mass is 473 g/mol. The zero-order valence-corrected chi connectivity index (χ0v) is 20.1. The van der Waals surface area contributed by atoms with Crippen molar-refractivity contribution in [3.8, 4) is 22.1 Å². The molecule has 2 aromatic carbocycles. The first-order chi connectivity index (χ1) is 15.4. The van der Waals surface area contributed by atoms with E-state index in [0.29, 0.717) is 44.2 Å². The maximum Gasteiger partial charge on any atom is 0.243 e. The van der Waals surface area contributed by atoms with Crippen LogP contribution in [0.4, 0.5) is 0 Å². The molecule has 1 aliphatic rings. The fourth-order valence-corrected chi connectivity index (χ4v) is 5.95.